The van der Waals surface area contributed by atoms with Crippen molar-refractivity contribution in [2.24, 2.45) is 0 Å². The van der Waals surface area contributed by atoms with E-state index in [2.05, 4.69) is 49.1 Å². The monoisotopic (exact) mass is 228 g/mol. The molecule has 0 amide bonds. The number of H-pyrrole nitrogens is 1. The normalized spacial score (nSPS) is 19.9. The second-order valence-electron chi connectivity index (χ2n) is 5.49. The third-order valence-electron chi connectivity index (χ3n) is 4.05. The molecule has 0 spiro atoms. The van der Waals surface area contributed by atoms with Gasteiger partial charge in [-0.1, -0.05) is 12.1 Å². The number of hydrogen-bond donors (Lipinski definition) is 1. The van der Waals surface area contributed by atoms with Crippen molar-refractivity contribution < 1.29 is 0 Å². The molecule has 1 atom stereocenters. The maximum absolute atomic E-state index is 3.60. The molecule has 1 aromatic heterocycles. The molecule has 2 aromatic rings. The summed E-state index contributed by atoms with van der Waals surface area (Å²) in [6.45, 7) is 2.15. The van der Waals surface area contributed by atoms with Gasteiger partial charge in [-0.2, -0.15) is 0 Å². The molecule has 0 fully saturated rings. The van der Waals surface area contributed by atoms with Crippen molar-refractivity contribution >= 4 is 10.9 Å². The molecule has 0 unspecified atom stereocenters. The van der Waals surface area contributed by atoms with Crippen LogP contribution in [0.3, 0.4) is 0 Å². The molecular formula is C15H20N2. The van der Waals surface area contributed by atoms with Gasteiger partial charge in [-0.25, -0.2) is 0 Å². The Hall–Kier alpha value is -1.28. The van der Waals surface area contributed by atoms with Gasteiger partial charge < -0.3 is 9.88 Å². The molecule has 1 aliphatic carbocycles. The van der Waals surface area contributed by atoms with Crippen molar-refractivity contribution in [1.82, 2.24) is 9.88 Å². The molecule has 0 saturated carbocycles. The number of nitrogens with zero attached hydrogens (tertiary/aromatic N) is 1. The lowest BCUT2D eigenvalue weighted by Crippen LogP contribution is -2.33. The third kappa shape index (κ3) is 1.77. The summed E-state index contributed by atoms with van der Waals surface area (Å²) in [5.74, 6) is 0. The van der Waals surface area contributed by atoms with E-state index >= 15 is 0 Å². The lowest BCUT2D eigenvalue weighted by molar-refractivity contribution is 0.268. The number of aryl methyl sites for hydroxylation is 2. The van der Waals surface area contributed by atoms with Crippen molar-refractivity contribution in [2.75, 3.05) is 14.1 Å². The zero-order chi connectivity index (χ0) is 12.0. The molecule has 1 aliphatic rings. The first-order valence-electron chi connectivity index (χ1n) is 6.41. The Morgan fingerprint density at radius 2 is 2.12 bits per heavy atom. The van der Waals surface area contributed by atoms with E-state index in [1.807, 2.05) is 0 Å². The van der Waals surface area contributed by atoms with E-state index < -0.39 is 0 Å². The Morgan fingerprint density at radius 3 is 2.88 bits per heavy atom. The molecule has 90 valence electrons. The second kappa shape index (κ2) is 3.88. The number of rotatable bonds is 1. The Labute approximate surface area is 103 Å². The van der Waals surface area contributed by atoms with Gasteiger partial charge in [-0.3, -0.25) is 0 Å². The minimum atomic E-state index is 0.697. The Kier molecular flexibility index (Phi) is 2.48. The highest BCUT2D eigenvalue weighted by atomic mass is 15.1. The molecule has 3 rings (SSSR count). The van der Waals surface area contributed by atoms with E-state index in [1.165, 1.54) is 41.4 Å². The van der Waals surface area contributed by atoms with E-state index in [0.717, 1.165) is 0 Å². The highest BCUT2D eigenvalue weighted by molar-refractivity contribution is 5.85. The highest BCUT2D eigenvalue weighted by Gasteiger charge is 2.23. The van der Waals surface area contributed by atoms with Gasteiger partial charge in [-0.05, 0) is 57.5 Å². The fourth-order valence-electron chi connectivity index (χ4n) is 2.96. The smallest absolute Gasteiger partial charge is 0.0461 e. The van der Waals surface area contributed by atoms with Crippen molar-refractivity contribution in [3.05, 3.63) is 35.0 Å². The van der Waals surface area contributed by atoms with Crippen LogP contribution in [0.25, 0.3) is 10.9 Å². The maximum Gasteiger partial charge on any atom is 0.0461 e. The molecule has 1 aromatic carbocycles. The molecular weight excluding hydrogens is 208 g/mol. The van der Waals surface area contributed by atoms with Crippen LogP contribution in [0.2, 0.25) is 0 Å². The minimum Gasteiger partial charge on any atom is -0.358 e. The van der Waals surface area contributed by atoms with E-state index in [-0.39, 0.29) is 0 Å². The summed E-state index contributed by atoms with van der Waals surface area (Å²) < 4.78 is 0. The molecule has 1 N–H and O–H groups in total. The summed E-state index contributed by atoms with van der Waals surface area (Å²) in [4.78, 5) is 5.95. The summed E-state index contributed by atoms with van der Waals surface area (Å²) >= 11 is 0. The summed E-state index contributed by atoms with van der Waals surface area (Å²) in [5, 5.41) is 1.43. The summed E-state index contributed by atoms with van der Waals surface area (Å²) in [7, 11) is 4.38. The van der Waals surface area contributed by atoms with Crippen LogP contribution in [0.5, 0.6) is 0 Å². The Balaban J connectivity index is 2.09. The predicted octanol–water partition coefficient (Wildman–Crippen LogP) is 2.90. The largest absolute Gasteiger partial charge is 0.358 e. The molecule has 0 radical (unpaired) electrons. The zero-order valence-electron chi connectivity index (χ0n) is 10.9. The lowest BCUT2D eigenvalue weighted by Gasteiger charge is -2.28. The maximum atomic E-state index is 3.60. The number of aromatic amines is 1. The molecule has 0 aliphatic heterocycles. The number of aromatic nitrogens is 1. The van der Waals surface area contributed by atoms with Gasteiger partial charge >= 0.3 is 0 Å². The summed E-state index contributed by atoms with van der Waals surface area (Å²) in [5.41, 5.74) is 5.66. The summed E-state index contributed by atoms with van der Waals surface area (Å²) in [6.07, 6.45) is 3.64. The van der Waals surface area contributed by atoms with E-state index in [0.29, 0.717) is 6.04 Å². The van der Waals surface area contributed by atoms with Gasteiger partial charge in [0.15, 0.2) is 0 Å². The number of likely N-dealkylation sites (N-methyl/N-ethyl adjacent to an activating group) is 1. The summed E-state index contributed by atoms with van der Waals surface area (Å²) in [6, 6.07) is 7.45. The number of nitrogens with one attached hydrogen (secondary N) is 1. The van der Waals surface area contributed by atoms with Gasteiger partial charge in [0.25, 0.3) is 0 Å². The van der Waals surface area contributed by atoms with E-state index in [1.54, 1.807) is 5.56 Å². The van der Waals surface area contributed by atoms with Crippen LogP contribution in [-0.2, 0) is 12.8 Å². The number of benzene rings is 1. The van der Waals surface area contributed by atoms with E-state index in [9.17, 15) is 0 Å². The second-order valence-corrected chi connectivity index (χ2v) is 5.49. The van der Waals surface area contributed by atoms with Crippen molar-refractivity contribution in [2.45, 2.75) is 32.2 Å². The van der Waals surface area contributed by atoms with Crippen LogP contribution in [0.4, 0.5) is 0 Å². The number of fused-ring (bicyclic) bond motifs is 3. The zero-order valence-corrected chi connectivity index (χ0v) is 10.9. The molecule has 2 heteroatoms. The standard InChI is InChI=1S/C15H20N2/c1-10-4-6-12-13-9-11(17(2)3)5-7-14(13)16-15(12)8-10/h4,6,8,11,16H,5,7,9H2,1-3H3/t11-/m1/s1. The quantitative estimate of drug-likeness (QED) is 0.795. The van der Waals surface area contributed by atoms with E-state index in [4.69, 9.17) is 0 Å². The lowest BCUT2D eigenvalue weighted by atomic mass is 9.91. The molecule has 1 heterocycles. The minimum absolute atomic E-state index is 0.697. The Bertz CT molecular complexity index is 551. The fourth-order valence-corrected chi connectivity index (χ4v) is 2.96. The van der Waals surface area contributed by atoms with Crippen molar-refractivity contribution in [1.29, 1.82) is 0 Å². The number of hydrogen-bond acceptors (Lipinski definition) is 1. The average molecular weight is 228 g/mol. The third-order valence-corrected chi connectivity index (χ3v) is 4.05. The van der Waals surface area contributed by atoms with Crippen LogP contribution in [-0.4, -0.2) is 30.0 Å². The molecule has 17 heavy (non-hydrogen) atoms. The van der Waals surface area contributed by atoms with Gasteiger partial charge in [0, 0.05) is 22.6 Å². The first-order chi connectivity index (χ1) is 8.15. The van der Waals surface area contributed by atoms with Crippen LogP contribution >= 0.6 is 0 Å². The van der Waals surface area contributed by atoms with Crippen LogP contribution in [0, 0.1) is 6.92 Å². The van der Waals surface area contributed by atoms with Crippen molar-refractivity contribution in [3.63, 3.8) is 0 Å². The first-order valence-corrected chi connectivity index (χ1v) is 6.41. The van der Waals surface area contributed by atoms with Crippen LogP contribution in [0.1, 0.15) is 23.2 Å². The predicted molar refractivity (Wildman–Crippen MR) is 72.5 cm³/mol. The van der Waals surface area contributed by atoms with Gasteiger partial charge in [0.05, 0.1) is 0 Å². The average Bonchev–Trinajstić information content (AvgIpc) is 2.64. The SMILES string of the molecule is Cc1ccc2c3c([nH]c2c1)CC[C@@H](N(C)C)C3. The molecule has 0 bridgehead atoms. The molecule has 0 saturated heterocycles. The van der Waals surface area contributed by atoms with Crippen LogP contribution in [0.15, 0.2) is 18.2 Å². The first kappa shape index (κ1) is 10.8. The fraction of sp³-hybridized carbons (Fsp3) is 0.467. The van der Waals surface area contributed by atoms with Gasteiger partial charge in [0.1, 0.15) is 0 Å². The topological polar surface area (TPSA) is 19.0 Å². The van der Waals surface area contributed by atoms with Gasteiger partial charge in [-0.15, -0.1) is 0 Å². The Morgan fingerprint density at radius 1 is 1.29 bits per heavy atom. The van der Waals surface area contributed by atoms with Crippen molar-refractivity contribution in [3.8, 4) is 0 Å². The van der Waals surface area contributed by atoms with Gasteiger partial charge in [0.2, 0.25) is 0 Å². The highest BCUT2D eigenvalue weighted by Crippen LogP contribution is 2.30. The molecule has 2 nitrogen and oxygen atoms in total. The van der Waals surface area contributed by atoms with Crippen LogP contribution < -0.4 is 0 Å².